The largest absolute Gasteiger partial charge is 0.310 e. The first-order chi connectivity index (χ1) is 9.88. The first-order valence-electron chi connectivity index (χ1n) is 6.86. The fourth-order valence-electron chi connectivity index (χ4n) is 2.12. The lowest BCUT2D eigenvalue weighted by atomic mass is 9.97. The minimum Gasteiger partial charge on any atom is -0.310 e. The van der Waals surface area contributed by atoms with Crippen molar-refractivity contribution >= 4 is 0 Å². The van der Waals surface area contributed by atoms with Crippen LogP contribution in [0, 0.1) is 24.4 Å². The zero-order chi connectivity index (χ0) is 15.6. The van der Waals surface area contributed by atoms with E-state index in [0.717, 1.165) is 23.3 Å². The standard InChI is InChI=1S/C17H18F3N/c1-10(2)21-9-12-5-4-11(3)14(6-12)13-7-15(18)17(20)16(19)8-13/h4-8,10,21H,9H2,1-3H3. The number of hydrogen-bond acceptors (Lipinski definition) is 1. The molecule has 0 saturated heterocycles. The second-order valence-corrected chi connectivity index (χ2v) is 5.44. The highest BCUT2D eigenvalue weighted by Gasteiger charge is 2.13. The number of hydrogen-bond donors (Lipinski definition) is 1. The minimum atomic E-state index is -1.44. The summed E-state index contributed by atoms with van der Waals surface area (Å²) in [7, 11) is 0. The van der Waals surface area contributed by atoms with Crippen molar-refractivity contribution in [2.45, 2.75) is 33.4 Å². The monoisotopic (exact) mass is 293 g/mol. The Morgan fingerprint density at radius 2 is 1.62 bits per heavy atom. The van der Waals surface area contributed by atoms with Gasteiger partial charge in [0.05, 0.1) is 0 Å². The van der Waals surface area contributed by atoms with E-state index in [9.17, 15) is 13.2 Å². The van der Waals surface area contributed by atoms with Crippen LogP contribution in [0.5, 0.6) is 0 Å². The second kappa shape index (κ2) is 6.31. The van der Waals surface area contributed by atoms with Crippen LogP contribution in [0.15, 0.2) is 30.3 Å². The Kier molecular flexibility index (Phi) is 4.68. The Morgan fingerprint density at radius 3 is 2.19 bits per heavy atom. The van der Waals surface area contributed by atoms with Gasteiger partial charge in [0.1, 0.15) is 0 Å². The predicted molar refractivity (Wildman–Crippen MR) is 78.5 cm³/mol. The Bertz CT molecular complexity index is 627. The summed E-state index contributed by atoms with van der Waals surface area (Å²) in [5, 5.41) is 3.28. The van der Waals surface area contributed by atoms with Crippen LogP contribution in [0.4, 0.5) is 13.2 Å². The second-order valence-electron chi connectivity index (χ2n) is 5.44. The van der Waals surface area contributed by atoms with Crippen molar-refractivity contribution in [3.05, 3.63) is 58.9 Å². The van der Waals surface area contributed by atoms with E-state index in [1.54, 1.807) is 0 Å². The third-order valence-electron chi connectivity index (χ3n) is 3.31. The molecular formula is C17H18F3N. The van der Waals surface area contributed by atoms with E-state index in [4.69, 9.17) is 0 Å². The summed E-state index contributed by atoms with van der Waals surface area (Å²) in [5.41, 5.74) is 2.94. The molecule has 21 heavy (non-hydrogen) atoms. The van der Waals surface area contributed by atoms with Crippen molar-refractivity contribution in [2.75, 3.05) is 0 Å². The maximum Gasteiger partial charge on any atom is 0.194 e. The lowest BCUT2D eigenvalue weighted by Gasteiger charge is -2.12. The van der Waals surface area contributed by atoms with Gasteiger partial charge in [-0.1, -0.05) is 26.0 Å². The van der Waals surface area contributed by atoms with Crippen molar-refractivity contribution in [1.82, 2.24) is 5.32 Å². The van der Waals surface area contributed by atoms with E-state index < -0.39 is 17.5 Å². The molecule has 1 nitrogen and oxygen atoms in total. The molecule has 0 aliphatic heterocycles. The molecule has 2 aromatic rings. The molecule has 0 atom stereocenters. The first-order valence-corrected chi connectivity index (χ1v) is 6.86. The first kappa shape index (κ1) is 15.6. The molecular weight excluding hydrogens is 275 g/mol. The van der Waals surface area contributed by atoms with Gasteiger partial charge in [-0.25, -0.2) is 13.2 Å². The number of rotatable bonds is 4. The zero-order valence-corrected chi connectivity index (χ0v) is 12.3. The molecule has 0 aliphatic carbocycles. The normalized spacial score (nSPS) is 11.2. The molecule has 0 amide bonds. The maximum atomic E-state index is 13.4. The van der Waals surface area contributed by atoms with Crippen LogP contribution in [0.25, 0.3) is 11.1 Å². The SMILES string of the molecule is Cc1ccc(CNC(C)C)cc1-c1cc(F)c(F)c(F)c1. The Labute approximate surface area is 122 Å². The number of benzene rings is 2. The van der Waals surface area contributed by atoms with Gasteiger partial charge < -0.3 is 5.32 Å². The number of aryl methyl sites for hydroxylation is 1. The Hall–Kier alpha value is -1.81. The van der Waals surface area contributed by atoms with Gasteiger partial charge in [0.2, 0.25) is 0 Å². The van der Waals surface area contributed by atoms with Gasteiger partial charge in [0.15, 0.2) is 17.5 Å². The van der Waals surface area contributed by atoms with Gasteiger partial charge in [-0.3, -0.25) is 0 Å². The topological polar surface area (TPSA) is 12.0 Å². The van der Waals surface area contributed by atoms with Crippen LogP contribution < -0.4 is 5.32 Å². The van der Waals surface area contributed by atoms with Crippen molar-refractivity contribution in [3.63, 3.8) is 0 Å². The van der Waals surface area contributed by atoms with E-state index >= 15 is 0 Å². The van der Waals surface area contributed by atoms with Gasteiger partial charge >= 0.3 is 0 Å². The highest BCUT2D eigenvalue weighted by molar-refractivity contribution is 5.68. The molecule has 0 fully saturated rings. The molecule has 2 rings (SSSR count). The fourth-order valence-corrected chi connectivity index (χ4v) is 2.12. The number of nitrogens with one attached hydrogen (secondary N) is 1. The van der Waals surface area contributed by atoms with Crippen molar-refractivity contribution in [2.24, 2.45) is 0 Å². The van der Waals surface area contributed by atoms with E-state index in [2.05, 4.69) is 5.32 Å². The lowest BCUT2D eigenvalue weighted by molar-refractivity contribution is 0.447. The molecule has 112 valence electrons. The molecule has 0 radical (unpaired) electrons. The average molecular weight is 293 g/mol. The summed E-state index contributed by atoms with van der Waals surface area (Å²) in [4.78, 5) is 0. The van der Waals surface area contributed by atoms with E-state index in [-0.39, 0.29) is 0 Å². The summed E-state index contributed by atoms with van der Waals surface area (Å²) in [5.74, 6) is -3.78. The van der Waals surface area contributed by atoms with Crippen LogP contribution in [0.3, 0.4) is 0 Å². The van der Waals surface area contributed by atoms with Crippen LogP contribution >= 0.6 is 0 Å². The van der Waals surface area contributed by atoms with E-state index in [1.807, 2.05) is 39.0 Å². The maximum absolute atomic E-state index is 13.4. The summed E-state index contributed by atoms with van der Waals surface area (Å²) >= 11 is 0. The summed E-state index contributed by atoms with van der Waals surface area (Å²) < 4.78 is 39.8. The van der Waals surface area contributed by atoms with Crippen molar-refractivity contribution in [3.8, 4) is 11.1 Å². The van der Waals surface area contributed by atoms with Gasteiger partial charge in [-0.15, -0.1) is 0 Å². The molecule has 0 aliphatic rings. The van der Waals surface area contributed by atoms with Crippen molar-refractivity contribution in [1.29, 1.82) is 0 Å². The quantitative estimate of drug-likeness (QED) is 0.814. The molecule has 1 N–H and O–H groups in total. The zero-order valence-electron chi connectivity index (χ0n) is 12.3. The minimum absolute atomic E-state index is 0.343. The Morgan fingerprint density at radius 1 is 1.00 bits per heavy atom. The molecule has 0 heterocycles. The molecule has 0 aromatic heterocycles. The molecule has 4 heteroatoms. The third-order valence-corrected chi connectivity index (χ3v) is 3.31. The average Bonchev–Trinajstić information content (AvgIpc) is 2.43. The van der Waals surface area contributed by atoms with Crippen LogP contribution in [-0.2, 0) is 6.54 Å². The molecule has 0 spiro atoms. The van der Waals surface area contributed by atoms with Crippen molar-refractivity contribution < 1.29 is 13.2 Å². The fraction of sp³-hybridized carbons (Fsp3) is 0.294. The Balaban J connectivity index is 2.41. The molecule has 0 saturated carbocycles. The van der Waals surface area contributed by atoms with Crippen LogP contribution in [0.2, 0.25) is 0 Å². The summed E-state index contributed by atoms with van der Waals surface area (Å²) in [6.07, 6.45) is 0. The van der Waals surface area contributed by atoms with Gasteiger partial charge in [-0.05, 0) is 47.4 Å². The predicted octanol–water partition coefficient (Wildman–Crippen LogP) is 4.58. The molecule has 0 unspecified atom stereocenters. The summed E-state index contributed by atoms with van der Waals surface area (Å²) in [6, 6.07) is 8.13. The highest BCUT2D eigenvalue weighted by Crippen LogP contribution is 2.27. The third kappa shape index (κ3) is 3.64. The van der Waals surface area contributed by atoms with E-state index in [0.29, 0.717) is 23.7 Å². The highest BCUT2D eigenvalue weighted by atomic mass is 19.2. The van der Waals surface area contributed by atoms with Crippen LogP contribution in [-0.4, -0.2) is 6.04 Å². The number of halogens is 3. The van der Waals surface area contributed by atoms with Crippen LogP contribution in [0.1, 0.15) is 25.0 Å². The smallest absolute Gasteiger partial charge is 0.194 e. The van der Waals surface area contributed by atoms with E-state index in [1.165, 1.54) is 0 Å². The van der Waals surface area contributed by atoms with Gasteiger partial charge in [0.25, 0.3) is 0 Å². The summed E-state index contributed by atoms with van der Waals surface area (Å²) in [6.45, 7) is 6.60. The van der Waals surface area contributed by atoms with Gasteiger partial charge in [0, 0.05) is 12.6 Å². The van der Waals surface area contributed by atoms with Gasteiger partial charge in [-0.2, -0.15) is 0 Å². The molecule has 2 aromatic carbocycles. The molecule has 0 bridgehead atoms. The lowest BCUT2D eigenvalue weighted by Crippen LogP contribution is -2.21.